The molecule has 296 valence electrons. The molecule has 1 aliphatic heterocycles. The number of ether oxygens (including phenoxy) is 3. The Morgan fingerprint density at radius 2 is 0.840 bits per heavy atom. The van der Waals surface area contributed by atoms with Crippen molar-refractivity contribution in [2.24, 2.45) is 5.73 Å². The van der Waals surface area contributed by atoms with Crippen LogP contribution < -0.4 is 5.73 Å². The van der Waals surface area contributed by atoms with Gasteiger partial charge in [0.05, 0.1) is 6.04 Å². The Morgan fingerprint density at radius 3 is 1.20 bits per heavy atom. The minimum Gasteiger partial charge on any atom is -0.463 e. The molecule has 1 aliphatic rings. The summed E-state index contributed by atoms with van der Waals surface area (Å²) in [5, 5.41) is 21.1. The zero-order chi connectivity index (χ0) is 36.5. The second-order valence-corrected chi connectivity index (χ2v) is 15.2. The molecule has 8 heteroatoms. The predicted molar refractivity (Wildman–Crippen MR) is 205 cm³/mol. The first-order valence-electron chi connectivity index (χ1n) is 21.5. The predicted octanol–water partition coefficient (Wildman–Crippen LogP) is 10.4. The maximum Gasteiger partial charge on any atom is 0.306 e. The van der Waals surface area contributed by atoms with E-state index in [2.05, 4.69) is 13.8 Å². The molecule has 1 rings (SSSR count). The minimum absolute atomic E-state index is 0.227. The lowest BCUT2D eigenvalue weighted by molar-refractivity contribution is -0.256. The molecule has 0 bridgehead atoms. The van der Waals surface area contributed by atoms with Gasteiger partial charge in [0.25, 0.3) is 0 Å². The third-order valence-electron chi connectivity index (χ3n) is 10.4. The molecular formula is C42H81NO7. The van der Waals surface area contributed by atoms with Crippen molar-refractivity contribution >= 4 is 11.9 Å². The van der Waals surface area contributed by atoms with Gasteiger partial charge >= 0.3 is 11.9 Å². The molecule has 1 unspecified atom stereocenters. The highest BCUT2D eigenvalue weighted by atomic mass is 16.6. The van der Waals surface area contributed by atoms with Crippen molar-refractivity contribution in [2.75, 3.05) is 6.61 Å². The van der Waals surface area contributed by atoms with Gasteiger partial charge in [0.2, 0.25) is 0 Å². The summed E-state index contributed by atoms with van der Waals surface area (Å²) in [7, 11) is 0. The summed E-state index contributed by atoms with van der Waals surface area (Å²) in [4.78, 5) is 24.9. The molecule has 0 radical (unpaired) electrons. The summed E-state index contributed by atoms with van der Waals surface area (Å²) in [6.07, 6.45) is 33.3. The molecule has 0 aromatic heterocycles. The van der Waals surface area contributed by atoms with Gasteiger partial charge in [-0.15, -0.1) is 0 Å². The number of unbranched alkanes of at least 4 members (excludes halogenated alkanes) is 28. The third-order valence-corrected chi connectivity index (χ3v) is 10.4. The quantitative estimate of drug-likeness (QED) is 0.0438. The van der Waals surface area contributed by atoms with Crippen LogP contribution >= 0.6 is 0 Å². The Bertz CT molecular complexity index is 781. The number of hydrogen-bond acceptors (Lipinski definition) is 8. The van der Waals surface area contributed by atoms with Gasteiger partial charge in [-0.05, 0) is 12.8 Å². The van der Waals surface area contributed by atoms with Crippen LogP contribution in [-0.4, -0.2) is 59.4 Å². The number of rotatable bonds is 35. The smallest absolute Gasteiger partial charge is 0.306 e. The van der Waals surface area contributed by atoms with Crippen LogP contribution in [0.1, 0.15) is 219 Å². The van der Waals surface area contributed by atoms with Gasteiger partial charge in [-0.2, -0.15) is 0 Å². The number of hydrogen-bond donors (Lipinski definition) is 3. The maximum absolute atomic E-state index is 12.5. The number of esters is 2. The van der Waals surface area contributed by atoms with E-state index in [-0.39, 0.29) is 19.0 Å². The van der Waals surface area contributed by atoms with Crippen LogP contribution in [0.25, 0.3) is 0 Å². The van der Waals surface area contributed by atoms with Gasteiger partial charge in [0.1, 0.15) is 18.8 Å². The van der Waals surface area contributed by atoms with Crippen molar-refractivity contribution in [3.05, 3.63) is 0 Å². The van der Waals surface area contributed by atoms with E-state index in [1.165, 1.54) is 154 Å². The summed E-state index contributed by atoms with van der Waals surface area (Å²) in [6, 6.07) is -1.08. The largest absolute Gasteiger partial charge is 0.463 e. The fourth-order valence-electron chi connectivity index (χ4n) is 6.98. The Kier molecular flexibility index (Phi) is 31.5. The van der Waals surface area contributed by atoms with Crippen molar-refractivity contribution in [3.63, 3.8) is 0 Å². The van der Waals surface area contributed by atoms with Gasteiger partial charge in [-0.3, -0.25) is 9.59 Å². The van der Waals surface area contributed by atoms with E-state index in [0.29, 0.717) is 12.8 Å². The number of aliphatic hydroxyl groups excluding tert-OH is 2. The van der Waals surface area contributed by atoms with Crippen molar-refractivity contribution in [2.45, 2.75) is 250 Å². The molecule has 50 heavy (non-hydrogen) atoms. The van der Waals surface area contributed by atoms with Crippen LogP contribution in [0.4, 0.5) is 0 Å². The SMILES string of the molecule is CCCCCCCCCCCCCCCCCC(=O)OC[C@H]1OC(O)[C@H](N)[C@@H](OC(=O)CCCCCCCCCCCCCCCCC)[C@@H]1O. The molecule has 8 nitrogen and oxygen atoms in total. The molecule has 0 aliphatic carbocycles. The maximum atomic E-state index is 12.5. The lowest BCUT2D eigenvalue weighted by Crippen LogP contribution is -2.63. The van der Waals surface area contributed by atoms with Crippen molar-refractivity contribution < 1.29 is 34.0 Å². The van der Waals surface area contributed by atoms with Crippen LogP contribution in [0.15, 0.2) is 0 Å². The molecular weight excluding hydrogens is 630 g/mol. The van der Waals surface area contributed by atoms with Crippen LogP contribution in [-0.2, 0) is 23.8 Å². The minimum atomic E-state index is -1.43. The molecule has 5 atom stereocenters. The topological polar surface area (TPSA) is 128 Å². The molecule has 1 saturated heterocycles. The molecule has 0 aromatic rings. The van der Waals surface area contributed by atoms with Gasteiger partial charge in [0, 0.05) is 12.8 Å². The highest BCUT2D eigenvalue weighted by Gasteiger charge is 2.45. The summed E-state index contributed by atoms with van der Waals surface area (Å²) in [5.41, 5.74) is 6.02. The van der Waals surface area contributed by atoms with Gasteiger partial charge < -0.3 is 30.2 Å². The van der Waals surface area contributed by atoms with Gasteiger partial charge in [-0.25, -0.2) is 0 Å². The second-order valence-electron chi connectivity index (χ2n) is 15.2. The monoisotopic (exact) mass is 712 g/mol. The fraction of sp³-hybridized carbons (Fsp3) is 0.952. The molecule has 0 spiro atoms. The Labute approximate surface area is 307 Å². The molecule has 0 amide bonds. The fourth-order valence-corrected chi connectivity index (χ4v) is 6.98. The summed E-state index contributed by atoms with van der Waals surface area (Å²) < 4.78 is 16.3. The Morgan fingerprint density at radius 1 is 0.520 bits per heavy atom. The first-order valence-corrected chi connectivity index (χ1v) is 21.5. The third kappa shape index (κ3) is 25.7. The zero-order valence-electron chi connectivity index (χ0n) is 32.7. The van der Waals surface area contributed by atoms with E-state index in [1.807, 2.05) is 0 Å². The molecule has 0 saturated carbocycles. The highest BCUT2D eigenvalue weighted by Crippen LogP contribution is 2.23. The van der Waals surface area contributed by atoms with Crippen molar-refractivity contribution in [1.29, 1.82) is 0 Å². The molecule has 1 heterocycles. The van der Waals surface area contributed by atoms with Gasteiger partial charge in [-0.1, -0.05) is 194 Å². The normalized spacial score (nSPS) is 20.6. The van der Waals surface area contributed by atoms with Crippen molar-refractivity contribution in [3.8, 4) is 0 Å². The molecule has 1 fully saturated rings. The van der Waals surface area contributed by atoms with E-state index in [9.17, 15) is 19.8 Å². The lowest BCUT2D eigenvalue weighted by Gasteiger charge is -2.40. The number of carbonyl (C=O) groups is 2. The van der Waals surface area contributed by atoms with E-state index >= 15 is 0 Å². The van der Waals surface area contributed by atoms with E-state index in [4.69, 9.17) is 19.9 Å². The second kappa shape index (κ2) is 33.6. The Balaban J connectivity index is 2.07. The van der Waals surface area contributed by atoms with Crippen LogP contribution in [0.5, 0.6) is 0 Å². The van der Waals surface area contributed by atoms with Crippen LogP contribution in [0.3, 0.4) is 0 Å². The first kappa shape index (κ1) is 46.8. The number of carbonyl (C=O) groups excluding carboxylic acids is 2. The average Bonchev–Trinajstić information content (AvgIpc) is 3.11. The summed E-state index contributed by atoms with van der Waals surface area (Å²) >= 11 is 0. The van der Waals surface area contributed by atoms with Crippen molar-refractivity contribution in [1.82, 2.24) is 0 Å². The Hall–Kier alpha value is -1.22. The first-order chi connectivity index (χ1) is 24.4. The van der Waals surface area contributed by atoms with Crippen LogP contribution in [0.2, 0.25) is 0 Å². The average molecular weight is 712 g/mol. The van der Waals surface area contributed by atoms with Gasteiger partial charge in [0.15, 0.2) is 12.4 Å². The van der Waals surface area contributed by atoms with E-state index in [0.717, 1.165) is 32.1 Å². The summed E-state index contributed by atoms with van der Waals surface area (Å²) in [5.74, 6) is -0.807. The van der Waals surface area contributed by atoms with E-state index < -0.39 is 36.6 Å². The molecule has 4 N–H and O–H groups in total. The summed E-state index contributed by atoms with van der Waals surface area (Å²) in [6.45, 7) is 4.30. The van der Waals surface area contributed by atoms with E-state index in [1.54, 1.807) is 0 Å². The lowest BCUT2D eigenvalue weighted by atomic mass is 9.97. The standard InChI is InChI=1S/C42H81NO7/c1-3-5-7-9-11-13-15-17-19-21-23-25-27-29-31-33-37(44)48-35-36-40(46)41(39(43)42(47)49-36)50-38(45)34-32-30-28-26-24-22-20-18-16-14-12-10-8-6-4-2/h36,39-42,46-47H,3-35,43H2,1-2H3/t36-,39-,40-,41-,42?/m1/s1. The molecule has 0 aromatic carbocycles. The zero-order valence-corrected chi connectivity index (χ0v) is 32.7. The van der Waals surface area contributed by atoms with Crippen LogP contribution in [0, 0.1) is 0 Å². The number of aliphatic hydroxyl groups is 2. The highest BCUT2D eigenvalue weighted by molar-refractivity contribution is 5.70. The number of nitrogens with two attached hydrogens (primary N) is 1.